The van der Waals surface area contributed by atoms with Gasteiger partial charge in [-0.3, -0.25) is 0 Å². The van der Waals surface area contributed by atoms with E-state index in [0.29, 0.717) is 12.1 Å². The molecule has 0 bridgehead atoms. The Kier molecular flexibility index (Phi) is 4.06. The van der Waals surface area contributed by atoms with Crippen LogP contribution < -0.4 is 5.32 Å². The van der Waals surface area contributed by atoms with E-state index in [2.05, 4.69) is 42.7 Å². The predicted octanol–water partition coefficient (Wildman–Crippen LogP) is 5.10. The first-order valence-corrected chi connectivity index (χ1v) is 8.84. The molecule has 2 aromatic heterocycles. The van der Waals surface area contributed by atoms with Crippen LogP contribution in [0.2, 0.25) is 0 Å². The van der Waals surface area contributed by atoms with Crippen LogP contribution in [0.4, 0.5) is 0 Å². The highest BCUT2D eigenvalue weighted by molar-refractivity contribution is 7.12. The van der Waals surface area contributed by atoms with Crippen LogP contribution in [-0.2, 0) is 12.8 Å². The highest BCUT2D eigenvalue weighted by Crippen LogP contribution is 2.33. The Balaban J connectivity index is 1.70. The summed E-state index contributed by atoms with van der Waals surface area (Å²) in [5, 5.41) is 5.88. The van der Waals surface area contributed by atoms with Gasteiger partial charge < -0.3 is 5.32 Å². The van der Waals surface area contributed by atoms with Gasteiger partial charge in [0.05, 0.1) is 0 Å². The molecule has 1 aliphatic rings. The summed E-state index contributed by atoms with van der Waals surface area (Å²) in [4.78, 5) is 4.57. The van der Waals surface area contributed by atoms with Crippen molar-refractivity contribution in [2.75, 3.05) is 0 Å². The Labute approximate surface area is 123 Å². The van der Waals surface area contributed by atoms with Gasteiger partial charge in [-0.05, 0) is 62.6 Å². The summed E-state index contributed by atoms with van der Waals surface area (Å²) in [6, 6.07) is 7.68. The monoisotopic (exact) mass is 291 g/mol. The molecule has 0 saturated heterocycles. The SMILES string of the molecule is CC(N[C@H](C)c1cccs1)c1cc2c(s1)CCCC2. The van der Waals surface area contributed by atoms with E-state index in [0.717, 1.165) is 0 Å². The van der Waals surface area contributed by atoms with Crippen molar-refractivity contribution in [3.05, 3.63) is 43.8 Å². The zero-order valence-corrected chi connectivity index (χ0v) is 13.2. The third kappa shape index (κ3) is 2.93. The second kappa shape index (κ2) is 5.78. The summed E-state index contributed by atoms with van der Waals surface area (Å²) in [5.74, 6) is 0. The maximum absolute atomic E-state index is 3.73. The van der Waals surface area contributed by atoms with Crippen molar-refractivity contribution in [3.63, 3.8) is 0 Å². The smallest absolute Gasteiger partial charge is 0.0391 e. The normalized spacial score (nSPS) is 18.0. The van der Waals surface area contributed by atoms with Gasteiger partial charge in [0.2, 0.25) is 0 Å². The van der Waals surface area contributed by atoms with Gasteiger partial charge in [-0.15, -0.1) is 22.7 Å². The molecule has 0 spiro atoms. The summed E-state index contributed by atoms with van der Waals surface area (Å²) in [7, 11) is 0. The van der Waals surface area contributed by atoms with Crippen molar-refractivity contribution >= 4 is 22.7 Å². The maximum Gasteiger partial charge on any atom is 0.0391 e. The minimum Gasteiger partial charge on any atom is -0.302 e. The van der Waals surface area contributed by atoms with E-state index in [-0.39, 0.29) is 0 Å². The van der Waals surface area contributed by atoms with E-state index in [4.69, 9.17) is 0 Å². The molecule has 3 heteroatoms. The van der Waals surface area contributed by atoms with Crippen LogP contribution in [0.1, 0.15) is 59.0 Å². The van der Waals surface area contributed by atoms with Crippen LogP contribution in [0.25, 0.3) is 0 Å². The lowest BCUT2D eigenvalue weighted by molar-refractivity contribution is 0.505. The molecule has 2 heterocycles. The molecule has 2 atom stereocenters. The summed E-state index contributed by atoms with van der Waals surface area (Å²) >= 11 is 3.86. The zero-order valence-electron chi connectivity index (χ0n) is 11.6. The first-order chi connectivity index (χ1) is 9.24. The molecule has 0 radical (unpaired) electrons. The van der Waals surface area contributed by atoms with Crippen LogP contribution in [0.15, 0.2) is 23.6 Å². The van der Waals surface area contributed by atoms with Crippen LogP contribution in [0.5, 0.6) is 0 Å². The third-order valence-corrected chi connectivity index (χ3v) is 6.39. The highest BCUT2D eigenvalue weighted by atomic mass is 32.1. The lowest BCUT2D eigenvalue weighted by atomic mass is 9.99. The molecule has 1 aliphatic carbocycles. The van der Waals surface area contributed by atoms with Crippen LogP contribution in [-0.4, -0.2) is 0 Å². The summed E-state index contributed by atoms with van der Waals surface area (Å²) in [5.41, 5.74) is 1.61. The first kappa shape index (κ1) is 13.3. The van der Waals surface area contributed by atoms with Crippen molar-refractivity contribution in [2.45, 2.75) is 51.6 Å². The average Bonchev–Trinajstić information content (AvgIpc) is 3.07. The van der Waals surface area contributed by atoms with E-state index in [9.17, 15) is 0 Å². The van der Waals surface area contributed by atoms with Crippen LogP contribution in [0.3, 0.4) is 0 Å². The maximum atomic E-state index is 3.73. The van der Waals surface area contributed by atoms with E-state index in [1.54, 1.807) is 10.4 Å². The minimum atomic E-state index is 0.439. The number of hydrogen-bond donors (Lipinski definition) is 1. The number of fused-ring (bicyclic) bond motifs is 1. The van der Waals surface area contributed by atoms with Gasteiger partial charge in [-0.1, -0.05) is 6.07 Å². The summed E-state index contributed by atoms with van der Waals surface area (Å²) in [6.07, 6.45) is 5.34. The highest BCUT2D eigenvalue weighted by Gasteiger charge is 2.18. The number of rotatable bonds is 4. The van der Waals surface area contributed by atoms with E-state index in [1.807, 2.05) is 22.7 Å². The van der Waals surface area contributed by atoms with Gasteiger partial charge in [0.25, 0.3) is 0 Å². The molecular weight excluding hydrogens is 270 g/mol. The first-order valence-electron chi connectivity index (χ1n) is 7.15. The second-order valence-electron chi connectivity index (χ2n) is 5.43. The van der Waals surface area contributed by atoms with Crippen molar-refractivity contribution in [1.82, 2.24) is 5.32 Å². The van der Waals surface area contributed by atoms with Gasteiger partial charge >= 0.3 is 0 Å². The molecule has 102 valence electrons. The fourth-order valence-corrected chi connectivity index (χ4v) is 4.82. The molecule has 3 rings (SSSR count). The van der Waals surface area contributed by atoms with Crippen LogP contribution >= 0.6 is 22.7 Å². The summed E-state index contributed by atoms with van der Waals surface area (Å²) < 4.78 is 0. The Bertz CT molecular complexity index is 503. The van der Waals surface area contributed by atoms with Crippen molar-refractivity contribution in [1.29, 1.82) is 0 Å². The molecule has 19 heavy (non-hydrogen) atoms. The van der Waals surface area contributed by atoms with Crippen LogP contribution in [0, 0.1) is 0 Å². The molecule has 0 aromatic carbocycles. The molecule has 1 N–H and O–H groups in total. The van der Waals surface area contributed by atoms with Crippen molar-refractivity contribution in [3.8, 4) is 0 Å². The largest absolute Gasteiger partial charge is 0.302 e. The molecular formula is C16H21NS2. The Morgan fingerprint density at radius 1 is 1.11 bits per heavy atom. The summed E-state index contributed by atoms with van der Waals surface area (Å²) in [6.45, 7) is 4.55. The second-order valence-corrected chi connectivity index (χ2v) is 7.58. The zero-order chi connectivity index (χ0) is 13.2. The molecule has 1 nitrogen and oxygen atoms in total. The standard InChI is InChI=1S/C16H21NS2/c1-11(14-8-5-9-18-14)17-12(2)16-10-13-6-3-4-7-15(13)19-16/h5,8-12,17H,3-4,6-7H2,1-2H3/t11-,12?/m1/s1. The molecule has 0 saturated carbocycles. The lowest BCUT2D eigenvalue weighted by Gasteiger charge is -2.18. The quantitative estimate of drug-likeness (QED) is 0.826. The van der Waals surface area contributed by atoms with Gasteiger partial charge in [-0.2, -0.15) is 0 Å². The van der Waals surface area contributed by atoms with Gasteiger partial charge in [0.1, 0.15) is 0 Å². The van der Waals surface area contributed by atoms with Gasteiger partial charge in [0.15, 0.2) is 0 Å². The van der Waals surface area contributed by atoms with E-state index >= 15 is 0 Å². The fourth-order valence-electron chi connectivity index (χ4n) is 2.80. The fraction of sp³-hybridized carbons (Fsp3) is 0.500. The lowest BCUT2D eigenvalue weighted by Crippen LogP contribution is -2.21. The molecule has 0 amide bonds. The van der Waals surface area contributed by atoms with Crippen molar-refractivity contribution < 1.29 is 0 Å². The van der Waals surface area contributed by atoms with E-state index in [1.165, 1.54) is 35.4 Å². The number of thiophene rings is 2. The minimum absolute atomic E-state index is 0.439. The third-order valence-electron chi connectivity index (χ3n) is 3.91. The molecule has 2 aromatic rings. The Morgan fingerprint density at radius 2 is 1.89 bits per heavy atom. The number of nitrogens with one attached hydrogen (secondary N) is 1. The van der Waals surface area contributed by atoms with Gasteiger partial charge in [-0.25, -0.2) is 0 Å². The molecule has 0 aliphatic heterocycles. The predicted molar refractivity (Wildman–Crippen MR) is 85.2 cm³/mol. The number of hydrogen-bond acceptors (Lipinski definition) is 3. The van der Waals surface area contributed by atoms with Gasteiger partial charge in [0, 0.05) is 26.7 Å². The average molecular weight is 291 g/mol. The Hall–Kier alpha value is -0.640. The molecule has 0 fully saturated rings. The molecule has 1 unspecified atom stereocenters. The Morgan fingerprint density at radius 3 is 2.63 bits per heavy atom. The van der Waals surface area contributed by atoms with Crippen molar-refractivity contribution in [2.24, 2.45) is 0 Å². The van der Waals surface area contributed by atoms with E-state index < -0.39 is 0 Å². The number of aryl methyl sites for hydroxylation is 2. The topological polar surface area (TPSA) is 12.0 Å².